The molecule has 0 radical (unpaired) electrons. The van der Waals surface area contributed by atoms with Crippen LogP contribution in [0.3, 0.4) is 0 Å². The number of piperidine rings is 1. The zero-order valence-corrected chi connectivity index (χ0v) is 11.4. The molecule has 1 saturated heterocycles. The van der Waals surface area contributed by atoms with Gasteiger partial charge in [0.2, 0.25) is 0 Å². The van der Waals surface area contributed by atoms with Gasteiger partial charge in [-0.05, 0) is 25.8 Å². The first kappa shape index (κ1) is 14.0. The molecule has 0 amide bonds. The first-order valence-electron chi connectivity index (χ1n) is 6.87. The third-order valence-electron chi connectivity index (χ3n) is 3.76. The van der Waals surface area contributed by atoms with Gasteiger partial charge in [0.15, 0.2) is 0 Å². The highest BCUT2D eigenvalue weighted by atomic mass is 19.1. The van der Waals surface area contributed by atoms with Crippen molar-refractivity contribution in [3.63, 3.8) is 0 Å². The summed E-state index contributed by atoms with van der Waals surface area (Å²) in [6.07, 6.45) is 7.46. The average Bonchev–Trinajstić information content (AvgIpc) is 2.42. The van der Waals surface area contributed by atoms with Crippen molar-refractivity contribution >= 4 is 0 Å². The summed E-state index contributed by atoms with van der Waals surface area (Å²) in [6.45, 7) is 4.79. The lowest BCUT2D eigenvalue weighted by atomic mass is 10.0. The van der Waals surface area contributed by atoms with E-state index in [1.165, 1.54) is 6.07 Å². The highest BCUT2D eigenvalue weighted by Gasteiger charge is 2.21. The molecule has 1 N–H and O–H groups in total. The van der Waals surface area contributed by atoms with Gasteiger partial charge in [-0.3, -0.25) is 4.90 Å². The molecule has 0 spiro atoms. The zero-order chi connectivity index (χ0) is 13.7. The number of hydrogen-bond acceptors (Lipinski definition) is 2. The van der Waals surface area contributed by atoms with Crippen LogP contribution in [0.4, 0.5) is 4.39 Å². The number of terminal acetylenes is 1. The van der Waals surface area contributed by atoms with Crippen molar-refractivity contribution in [2.75, 3.05) is 19.6 Å². The van der Waals surface area contributed by atoms with Crippen LogP contribution >= 0.6 is 0 Å². The largest absolute Gasteiger partial charge is 0.307 e. The second-order valence-corrected chi connectivity index (χ2v) is 5.16. The Kier molecular flexibility index (Phi) is 4.95. The number of nitrogens with one attached hydrogen (secondary N) is 1. The monoisotopic (exact) mass is 260 g/mol. The molecule has 1 atom stereocenters. The third-order valence-corrected chi connectivity index (χ3v) is 3.76. The van der Waals surface area contributed by atoms with Crippen LogP contribution in [0.5, 0.6) is 0 Å². The Balaban J connectivity index is 1.86. The van der Waals surface area contributed by atoms with Crippen LogP contribution < -0.4 is 5.32 Å². The Morgan fingerprint density at radius 1 is 1.42 bits per heavy atom. The number of likely N-dealkylation sites (tertiary alicyclic amines) is 1. The van der Waals surface area contributed by atoms with Gasteiger partial charge in [-0.2, -0.15) is 0 Å². The summed E-state index contributed by atoms with van der Waals surface area (Å²) in [6, 6.07) is 7.47. The minimum Gasteiger partial charge on any atom is -0.307 e. The molecule has 2 nitrogen and oxygen atoms in total. The van der Waals surface area contributed by atoms with Crippen molar-refractivity contribution in [2.24, 2.45) is 0 Å². The maximum Gasteiger partial charge on any atom is 0.127 e. The van der Waals surface area contributed by atoms with Crippen LogP contribution in [0.25, 0.3) is 0 Å². The van der Waals surface area contributed by atoms with Crippen LogP contribution in [-0.4, -0.2) is 30.6 Å². The second kappa shape index (κ2) is 6.70. The summed E-state index contributed by atoms with van der Waals surface area (Å²) in [4.78, 5) is 2.28. The fourth-order valence-electron chi connectivity index (χ4n) is 2.66. The minimum atomic E-state index is -0.132. The van der Waals surface area contributed by atoms with Crippen LogP contribution in [0.1, 0.15) is 31.4 Å². The van der Waals surface area contributed by atoms with Gasteiger partial charge in [0.1, 0.15) is 5.82 Å². The van der Waals surface area contributed by atoms with Gasteiger partial charge in [0.05, 0.1) is 6.54 Å². The molecule has 1 heterocycles. The van der Waals surface area contributed by atoms with Gasteiger partial charge >= 0.3 is 0 Å². The molecule has 2 rings (SSSR count). The molecule has 1 fully saturated rings. The fraction of sp³-hybridized carbons (Fsp3) is 0.500. The van der Waals surface area contributed by atoms with E-state index >= 15 is 0 Å². The zero-order valence-electron chi connectivity index (χ0n) is 11.4. The minimum absolute atomic E-state index is 0.0467. The van der Waals surface area contributed by atoms with Gasteiger partial charge < -0.3 is 5.32 Å². The maximum atomic E-state index is 13.7. The van der Waals surface area contributed by atoms with Crippen molar-refractivity contribution in [1.29, 1.82) is 0 Å². The van der Waals surface area contributed by atoms with Crippen LogP contribution in [-0.2, 0) is 0 Å². The quantitative estimate of drug-likeness (QED) is 0.837. The lowest BCUT2D eigenvalue weighted by Gasteiger charge is -2.33. The maximum absolute atomic E-state index is 13.7. The SMILES string of the molecule is C#CCN1CCC(N[C@H](C)c2ccccc2F)CC1. The molecular formula is C16H21FN2. The van der Waals surface area contributed by atoms with Gasteiger partial charge in [-0.1, -0.05) is 24.1 Å². The van der Waals surface area contributed by atoms with Crippen molar-refractivity contribution in [3.05, 3.63) is 35.6 Å². The van der Waals surface area contributed by atoms with Gasteiger partial charge in [0, 0.05) is 30.7 Å². The topological polar surface area (TPSA) is 15.3 Å². The molecule has 1 aliphatic rings. The summed E-state index contributed by atoms with van der Waals surface area (Å²) in [5, 5.41) is 3.52. The predicted octanol–water partition coefficient (Wildman–Crippen LogP) is 2.57. The Morgan fingerprint density at radius 3 is 2.74 bits per heavy atom. The van der Waals surface area contributed by atoms with Crippen LogP contribution in [0, 0.1) is 18.2 Å². The summed E-state index contributed by atoms with van der Waals surface area (Å²) in [5.41, 5.74) is 0.744. The van der Waals surface area contributed by atoms with Gasteiger partial charge in [-0.25, -0.2) is 4.39 Å². The smallest absolute Gasteiger partial charge is 0.127 e. The summed E-state index contributed by atoms with van der Waals surface area (Å²) in [5.74, 6) is 2.55. The molecule has 0 saturated carbocycles. The van der Waals surface area contributed by atoms with Crippen LogP contribution in [0.2, 0.25) is 0 Å². The first-order valence-corrected chi connectivity index (χ1v) is 6.87. The van der Waals surface area contributed by atoms with Crippen molar-refractivity contribution < 1.29 is 4.39 Å². The normalized spacial score (nSPS) is 19.0. The van der Waals surface area contributed by atoms with Crippen molar-refractivity contribution in [1.82, 2.24) is 10.2 Å². The van der Waals surface area contributed by atoms with E-state index in [4.69, 9.17) is 6.42 Å². The Hall–Kier alpha value is -1.37. The molecule has 19 heavy (non-hydrogen) atoms. The predicted molar refractivity (Wildman–Crippen MR) is 76.2 cm³/mol. The Bertz CT molecular complexity index is 444. The summed E-state index contributed by atoms with van der Waals surface area (Å²) in [7, 11) is 0. The van der Waals surface area contributed by atoms with E-state index in [1.807, 2.05) is 19.1 Å². The lowest BCUT2D eigenvalue weighted by Crippen LogP contribution is -2.43. The molecule has 102 valence electrons. The standard InChI is InChI=1S/C16H21FN2/c1-3-10-19-11-8-14(9-12-19)18-13(2)15-6-4-5-7-16(15)17/h1,4-7,13-14,18H,8-12H2,2H3/t13-/m1/s1. The number of nitrogens with zero attached hydrogens (tertiary/aromatic N) is 1. The highest BCUT2D eigenvalue weighted by Crippen LogP contribution is 2.19. The molecule has 3 heteroatoms. The van der Waals surface area contributed by atoms with Crippen LogP contribution in [0.15, 0.2) is 24.3 Å². The van der Waals surface area contributed by atoms with E-state index in [-0.39, 0.29) is 11.9 Å². The molecule has 1 aromatic carbocycles. The Morgan fingerprint density at radius 2 is 2.11 bits per heavy atom. The first-order chi connectivity index (χ1) is 9.20. The van der Waals surface area contributed by atoms with Gasteiger partial charge in [-0.15, -0.1) is 6.42 Å². The molecule has 0 bridgehead atoms. The number of benzene rings is 1. The van der Waals surface area contributed by atoms with E-state index < -0.39 is 0 Å². The summed E-state index contributed by atoms with van der Waals surface area (Å²) < 4.78 is 13.7. The number of rotatable bonds is 4. The summed E-state index contributed by atoms with van der Waals surface area (Å²) >= 11 is 0. The number of halogens is 1. The highest BCUT2D eigenvalue weighted by molar-refractivity contribution is 5.20. The molecule has 0 unspecified atom stereocenters. The van der Waals surface area contributed by atoms with Gasteiger partial charge in [0.25, 0.3) is 0 Å². The van der Waals surface area contributed by atoms with E-state index in [1.54, 1.807) is 6.07 Å². The van der Waals surface area contributed by atoms with Crippen molar-refractivity contribution in [2.45, 2.75) is 31.8 Å². The van der Waals surface area contributed by atoms with E-state index in [0.29, 0.717) is 6.04 Å². The second-order valence-electron chi connectivity index (χ2n) is 5.16. The molecular weight excluding hydrogens is 239 g/mol. The average molecular weight is 260 g/mol. The molecule has 0 aliphatic carbocycles. The molecule has 1 aromatic rings. The molecule has 0 aromatic heterocycles. The van der Waals surface area contributed by atoms with E-state index in [0.717, 1.165) is 38.0 Å². The molecule has 1 aliphatic heterocycles. The van der Waals surface area contributed by atoms with Crippen molar-refractivity contribution in [3.8, 4) is 12.3 Å². The lowest BCUT2D eigenvalue weighted by molar-refractivity contribution is 0.210. The third kappa shape index (κ3) is 3.79. The van der Waals surface area contributed by atoms with E-state index in [2.05, 4.69) is 16.1 Å². The Labute approximate surface area is 115 Å². The van der Waals surface area contributed by atoms with E-state index in [9.17, 15) is 4.39 Å². The number of hydrogen-bond donors (Lipinski definition) is 1. The fourth-order valence-corrected chi connectivity index (χ4v) is 2.66.